The van der Waals surface area contributed by atoms with Crippen LogP contribution in [-0.2, 0) is 30.5 Å². The van der Waals surface area contributed by atoms with Gasteiger partial charge in [-0.2, -0.15) is 14.9 Å². The van der Waals surface area contributed by atoms with Gasteiger partial charge in [0.2, 0.25) is 11.0 Å². The molecule has 1 aromatic carbocycles. The Hall–Kier alpha value is -4.38. The first kappa shape index (κ1) is 27.2. The van der Waals surface area contributed by atoms with Crippen molar-refractivity contribution >= 4 is 57.5 Å². The second-order valence-corrected chi connectivity index (χ2v) is 9.11. The summed E-state index contributed by atoms with van der Waals surface area (Å²) in [5, 5.41) is 29.1. The molecular formula is C23H19ClFN5O10. The SMILES string of the molecule is Nc1nc(Cl)nc2c1ncn2[C@@H]1O[C@H](COOC(=O)C(Cc2ccc3oc(C(=O)O)cc3c2)C(=O)O)[C@@H](O)[C@@H]1F. The number of alkyl halides is 1. The number of carboxylic acid groups (broad SMARTS) is 2. The second-order valence-electron chi connectivity index (χ2n) is 8.77. The van der Waals surface area contributed by atoms with Crippen molar-refractivity contribution in [3.8, 4) is 0 Å². The van der Waals surface area contributed by atoms with Crippen LogP contribution < -0.4 is 5.73 Å². The van der Waals surface area contributed by atoms with E-state index in [1.165, 1.54) is 30.6 Å². The van der Waals surface area contributed by atoms with E-state index >= 15 is 0 Å². The molecule has 4 heterocycles. The van der Waals surface area contributed by atoms with Crippen molar-refractivity contribution in [2.24, 2.45) is 5.92 Å². The number of aliphatic hydroxyl groups excluding tert-OH is 1. The third kappa shape index (κ3) is 5.12. The standard InChI is InChI=1S/C23H19ClFN5O10/c24-23-28-17(26)15-18(29-23)30(7-27-15)19-14(25)16(31)13(39-19)6-37-40-22(36)10(20(32)33)4-8-1-2-11-9(3-8)5-12(38-11)21(34)35/h1-3,5,7,10,13-14,16,19,31H,4,6H2,(H,32,33)(H,34,35)(H2,26,28,29)/t10?,13-,14+,16-,19-/m1/s1. The zero-order chi connectivity index (χ0) is 28.7. The van der Waals surface area contributed by atoms with Gasteiger partial charge in [0.1, 0.15) is 29.9 Å². The summed E-state index contributed by atoms with van der Waals surface area (Å²) in [5.74, 6) is -6.10. The lowest BCUT2D eigenvalue weighted by atomic mass is 9.99. The van der Waals surface area contributed by atoms with Crippen LogP contribution >= 0.6 is 11.6 Å². The molecule has 1 aliphatic rings. The van der Waals surface area contributed by atoms with E-state index < -0.39 is 55.0 Å². The first-order valence-electron chi connectivity index (χ1n) is 11.5. The molecule has 0 bridgehead atoms. The number of nitrogen functional groups attached to an aromatic ring is 1. The number of nitrogens with two attached hydrogens (primary N) is 1. The molecule has 0 radical (unpaired) electrons. The van der Waals surface area contributed by atoms with Crippen molar-refractivity contribution in [3.05, 3.63) is 47.2 Å². The predicted octanol–water partition coefficient (Wildman–Crippen LogP) is 1.52. The van der Waals surface area contributed by atoms with E-state index in [2.05, 4.69) is 19.8 Å². The number of rotatable bonds is 9. The number of aromatic nitrogens is 4. The molecule has 5 rings (SSSR count). The van der Waals surface area contributed by atoms with E-state index in [0.717, 1.165) is 4.57 Å². The first-order chi connectivity index (χ1) is 19.0. The molecule has 0 aliphatic carbocycles. The van der Waals surface area contributed by atoms with Gasteiger partial charge in [-0.3, -0.25) is 14.2 Å². The van der Waals surface area contributed by atoms with Crippen molar-refractivity contribution < 1.29 is 53.0 Å². The minimum absolute atomic E-state index is 0.0443. The number of fused-ring (bicyclic) bond motifs is 2. The van der Waals surface area contributed by atoms with Crippen LogP contribution in [0.2, 0.25) is 5.28 Å². The highest BCUT2D eigenvalue weighted by Gasteiger charge is 2.46. The molecule has 1 aliphatic heterocycles. The lowest BCUT2D eigenvalue weighted by Gasteiger charge is -2.16. The molecule has 40 heavy (non-hydrogen) atoms. The van der Waals surface area contributed by atoms with Crippen LogP contribution in [0.4, 0.5) is 10.2 Å². The Morgan fingerprint density at radius 3 is 2.73 bits per heavy atom. The molecule has 0 saturated carbocycles. The van der Waals surface area contributed by atoms with Crippen molar-refractivity contribution in [2.45, 2.75) is 31.0 Å². The van der Waals surface area contributed by atoms with Crippen LogP contribution in [-0.4, -0.2) is 77.7 Å². The molecule has 5 atom stereocenters. The highest BCUT2D eigenvalue weighted by atomic mass is 35.5. The Morgan fingerprint density at radius 1 is 1.23 bits per heavy atom. The summed E-state index contributed by atoms with van der Waals surface area (Å²) >= 11 is 5.83. The van der Waals surface area contributed by atoms with Gasteiger partial charge < -0.3 is 30.2 Å². The number of aromatic carboxylic acids is 1. The average Bonchev–Trinajstić information content (AvgIpc) is 3.59. The number of carboxylic acids is 2. The van der Waals surface area contributed by atoms with E-state index in [1.807, 2.05) is 0 Å². The maximum Gasteiger partial charge on any atom is 0.371 e. The molecule has 1 unspecified atom stereocenters. The molecule has 4 aromatic rings. The second kappa shape index (κ2) is 10.6. The summed E-state index contributed by atoms with van der Waals surface area (Å²) in [6.07, 6.45) is -5.58. The molecular weight excluding hydrogens is 561 g/mol. The van der Waals surface area contributed by atoms with E-state index in [9.17, 15) is 29.0 Å². The van der Waals surface area contributed by atoms with Crippen LogP contribution in [0.5, 0.6) is 0 Å². The lowest BCUT2D eigenvalue weighted by Crippen LogP contribution is -2.33. The lowest BCUT2D eigenvalue weighted by molar-refractivity contribution is -0.289. The number of carbonyl (C=O) groups is 3. The minimum atomic E-state index is -1.98. The zero-order valence-electron chi connectivity index (χ0n) is 20.0. The molecule has 1 fully saturated rings. The van der Waals surface area contributed by atoms with E-state index in [1.54, 1.807) is 0 Å². The fourth-order valence-electron chi connectivity index (χ4n) is 4.21. The van der Waals surface area contributed by atoms with Gasteiger partial charge >= 0.3 is 17.9 Å². The summed E-state index contributed by atoms with van der Waals surface area (Å²) in [6, 6.07) is 5.65. The smallest absolute Gasteiger partial charge is 0.371 e. The van der Waals surface area contributed by atoms with Crippen molar-refractivity contribution in [1.29, 1.82) is 0 Å². The summed E-state index contributed by atoms with van der Waals surface area (Å²) < 4.78 is 26.8. The minimum Gasteiger partial charge on any atom is -0.481 e. The van der Waals surface area contributed by atoms with Crippen LogP contribution in [0.1, 0.15) is 22.3 Å². The van der Waals surface area contributed by atoms with Gasteiger partial charge in [0.05, 0.1) is 6.33 Å². The van der Waals surface area contributed by atoms with Crippen LogP contribution in [0, 0.1) is 5.92 Å². The number of aliphatic carboxylic acids is 1. The maximum absolute atomic E-state index is 14.9. The number of carbonyl (C=O) groups excluding carboxylic acids is 1. The van der Waals surface area contributed by atoms with E-state index in [-0.39, 0.29) is 40.0 Å². The zero-order valence-corrected chi connectivity index (χ0v) is 20.8. The third-order valence-electron chi connectivity index (χ3n) is 6.18. The quantitative estimate of drug-likeness (QED) is 0.0955. The van der Waals surface area contributed by atoms with Crippen LogP contribution in [0.3, 0.4) is 0 Å². The number of anilines is 1. The number of furan rings is 1. The Balaban J connectivity index is 1.21. The highest BCUT2D eigenvalue weighted by Crippen LogP contribution is 2.34. The largest absolute Gasteiger partial charge is 0.481 e. The number of aliphatic hydroxyl groups is 1. The summed E-state index contributed by atoms with van der Waals surface area (Å²) in [5.41, 5.74) is 6.59. The third-order valence-corrected chi connectivity index (χ3v) is 6.35. The molecule has 210 valence electrons. The Kier molecular flexibility index (Phi) is 7.24. The number of hydrogen-bond donors (Lipinski definition) is 4. The van der Waals surface area contributed by atoms with Crippen molar-refractivity contribution in [1.82, 2.24) is 19.5 Å². The fourth-order valence-corrected chi connectivity index (χ4v) is 4.38. The fraction of sp³-hybridized carbons (Fsp3) is 0.304. The average molecular weight is 580 g/mol. The molecule has 0 spiro atoms. The summed E-state index contributed by atoms with van der Waals surface area (Å²) in [4.78, 5) is 56.5. The molecule has 3 aromatic heterocycles. The van der Waals surface area contributed by atoms with Gasteiger partial charge in [-0.05, 0) is 41.8 Å². The van der Waals surface area contributed by atoms with Gasteiger partial charge in [-0.15, -0.1) is 0 Å². The molecule has 15 nitrogen and oxygen atoms in total. The van der Waals surface area contributed by atoms with Crippen LogP contribution in [0.15, 0.2) is 35.0 Å². The molecule has 0 amide bonds. The topological polar surface area (TPSA) is 222 Å². The molecule has 5 N–H and O–H groups in total. The van der Waals surface area contributed by atoms with E-state index in [0.29, 0.717) is 10.9 Å². The highest BCUT2D eigenvalue weighted by molar-refractivity contribution is 6.28. The summed E-state index contributed by atoms with van der Waals surface area (Å²) in [6.45, 7) is -0.639. The number of hydrogen-bond acceptors (Lipinski definition) is 12. The maximum atomic E-state index is 14.9. The molecule has 1 saturated heterocycles. The van der Waals surface area contributed by atoms with E-state index in [4.69, 9.17) is 36.5 Å². The number of ether oxygens (including phenoxy) is 1. The normalized spacial score (nSPS) is 21.6. The van der Waals surface area contributed by atoms with Crippen molar-refractivity contribution in [3.63, 3.8) is 0 Å². The van der Waals surface area contributed by atoms with Gasteiger partial charge in [-0.1, -0.05) is 6.07 Å². The number of imidazole rings is 1. The van der Waals surface area contributed by atoms with Gasteiger partial charge in [0.25, 0.3) is 0 Å². The number of nitrogens with zero attached hydrogens (tertiary/aromatic N) is 4. The van der Waals surface area contributed by atoms with Gasteiger partial charge in [0, 0.05) is 5.39 Å². The van der Waals surface area contributed by atoms with Crippen LogP contribution in [0.25, 0.3) is 22.1 Å². The Labute approximate surface area is 226 Å². The molecule has 17 heteroatoms. The monoisotopic (exact) mass is 579 g/mol. The Morgan fingerprint density at radius 2 is 2.00 bits per heavy atom. The predicted molar refractivity (Wildman–Crippen MR) is 130 cm³/mol. The van der Waals surface area contributed by atoms with Gasteiger partial charge in [-0.25, -0.2) is 19.0 Å². The first-order valence-corrected chi connectivity index (χ1v) is 11.9. The number of halogens is 2. The van der Waals surface area contributed by atoms with Gasteiger partial charge in [0.15, 0.2) is 29.8 Å². The van der Waals surface area contributed by atoms with Crippen molar-refractivity contribution in [2.75, 3.05) is 12.3 Å². The number of benzene rings is 1. The Bertz CT molecular complexity index is 1630. The summed E-state index contributed by atoms with van der Waals surface area (Å²) in [7, 11) is 0.